The monoisotopic (exact) mass is 288 g/mol. The van der Waals surface area contributed by atoms with E-state index >= 15 is 0 Å². The summed E-state index contributed by atoms with van der Waals surface area (Å²) in [6.07, 6.45) is 6.91. The second kappa shape index (κ2) is 5.71. The molecule has 1 N–H and O–H groups in total. The number of aryl methyl sites for hydroxylation is 1. The lowest BCUT2D eigenvalue weighted by Gasteiger charge is -2.18. The summed E-state index contributed by atoms with van der Waals surface area (Å²) in [5.74, 6) is 1.43. The Morgan fingerprint density at radius 2 is 2.38 bits per heavy atom. The lowest BCUT2D eigenvalue weighted by Crippen LogP contribution is -2.29. The zero-order valence-corrected chi connectivity index (χ0v) is 12.0. The maximum Gasteiger partial charge on any atom is 0.230 e. The number of anilines is 1. The summed E-state index contributed by atoms with van der Waals surface area (Å²) >= 11 is 0. The van der Waals surface area contributed by atoms with E-state index < -0.39 is 0 Å². The third kappa shape index (κ3) is 2.70. The van der Waals surface area contributed by atoms with Crippen molar-refractivity contribution in [2.45, 2.75) is 32.2 Å². The van der Waals surface area contributed by atoms with Gasteiger partial charge in [0, 0.05) is 32.5 Å². The van der Waals surface area contributed by atoms with Gasteiger partial charge in [0.25, 0.3) is 0 Å². The molecule has 6 nitrogen and oxygen atoms in total. The lowest BCUT2D eigenvalue weighted by atomic mass is 10.1. The van der Waals surface area contributed by atoms with Crippen molar-refractivity contribution >= 4 is 17.6 Å². The molecule has 21 heavy (non-hydrogen) atoms. The van der Waals surface area contributed by atoms with Crippen molar-refractivity contribution < 1.29 is 9.59 Å². The highest BCUT2D eigenvalue weighted by Gasteiger charge is 2.34. The van der Waals surface area contributed by atoms with E-state index in [1.54, 1.807) is 17.2 Å². The lowest BCUT2D eigenvalue weighted by molar-refractivity contribution is -0.127. The van der Waals surface area contributed by atoms with E-state index in [0.717, 1.165) is 37.4 Å². The fourth-order valence-electron chi connectivity index (χ4n) is 3.02. The van der Waals surface area contributed by atoms with Crippen LogP contribution in [0.5, 0.6) is 0 Å². The molecule has 0 aromatic carbocycles. The highest BCUT2D eigenvalue weighted by atomic mass is 16.2. The van der Waals surface area contributed by atoms with Crippen LogP contribution in [-0.4, -0.2) is 39.4 Å². The maximum absolute atomic E-state index is 12.3. The molecule has 112 valence electrons. The molecule has 6 heteroatoms. The number of likely N-dealkylation sites (tertiary alicyclic amines) is 1. The number of carbonyl (C=O) groups is 2. The fraction of sp³-hybridized carbons (Fsp3) is 0.533. The first-order chi connectivity index (χ1) is 10.2. The van der Waals surface area contributed by atoms with Crippen LogP contribution in [0, 0.1) is 5.92 Å². The van der Waals surface area contributed by atoms with Crippen molar-refractivity contribution in [2.75, 3.05) is 18.4 Å². The third-order valence-electron chi connectivity index (χ3n) is 4.16. The first-order valence-corrected chi connectivity index (χ1v) is 7.43. The van der Waals surface area contributed by atoms with Crippen LogP contribution in [0.4, 0.5) is 5.82 Å². The average molecular weight is 288 g/mol. The van der Waals surface area contributed by atoms with Crippen molar-refractivity contribution in [1.29, 1.82) is 0 Å². The minimum atomic E-state index is -0.285. The number of nitrogens with zero attached hydrogens (tertiary/aromatic N) is 3. The molecule has 0 radical (unpaired) electrons. The minimum Gasteiger partial charge on any atom is -0.338 e. The molecule has 0 spiro atoms. The Bertz CT molecular complexity index is 578. The van der Waals surface area contributed by atoms with Crippen molar-refractivity contribution in [2.24, 2.45) is 5.92 Å². The van der Waals surface area contributed by atoms with E-state index in [0.29, 0.717) is 13.1 Å². The van der Waals surface area contributed by atoms with Crippen LogP contribution in [0.2, 0.25) is 0 Å². The van der Waals surface area contributed by atoms with E-state index in [1.165, 1.54) is 0 Å². The van der Waals surface area contributed by atoms with Gasteiger partial charge >= 0.3 is 0 Å². The molecule has 0 saturated carbocycles. The summed E-state index contributed by atoms with van der Waals surface area (Å²) in [5, 5.41) is 2.93. The highest BCUT2D eigenvalue weighted by Crippen LogP contribution is 2.22. The topological polar surface area (TPSA) is 67.2 Å². The molecule has 0 unspecified atom stereocenters. The minimum absolute atomic E-state index is 0.0189. The van der Waals surface area contributed by atoms with Crippen molar-refractivity contribution in [3.63, 3.8) is 0 Å². The number of imidazole rings is 1. The number of hydrogen-bond donors (Lipinski definition) is 1. The van der Waals surface area contributed by atoms with Crippen LogP contribution in [0.1, 0.15) is 25.1 Å². The van der Waals surface area contributed by atoms with Gasteiger partial charge in [0.2, 0.25) is 11.8 Å². The third-order valence-corrected chi connectivity index (χ3v) is 4.16. The van der Waals surface area contributed by atoms with Gasteiger partial charge in [-0.05, 0) is 12.8 Å². The Kier molecular flexibility index (Phi) is 3.77. The molecule has 1 atom stereocenters. The zero-order chi connectivity index (χ0) is 14.8. The average Bonchev–Trinajstić information content (AvgIpc) is 3.05. The molecular weight excluding hydrogens is 268 g/mol. The maximum atomic E-state index is 12.3. The number of fused-ring (bicyclic) bond motifs is 1. The van der Waals surface area contributed by atoms with Gasteiger partial charge in [-0.3, -0.25) is 9.59 Å². The van der Waals surface area contributed by atoms with Gasteiger partial charge in [-0.1, -0.05) is 6.08 Å². The molecule has 2 aliphatic rings. The van der Waals surface area contributed by atoms with Gasteiger partial charge < -0.3 is 14.8 Å². The van der Waals surface area contributed by atoms with E-state index in [9.17, 15) is 9.59 Å². The van der Waals surface area contributed by atoms with Crippen LogP contribution in [0.25, 0.3) is 0 Å². The van der Waals surface area contributed by atoms with Gasteiger partial charge in [0.05, 0.1) is 12.1 Å². The number of nitrogens with one attached hydrogen (secondary N) is 1. The van der Waals surface area contributed by atoms with E-state index in [4.69, 9.17) is 0 Å². The van der Waals surface area contributed by atoms with Crippen LogP contribution in [0.15, 0.2) is 18.9 Å². The Hall–Kier alpha value is -2.11. The molecular formula is C15H20N4O2. The first kappa shape index (κ1) is 13.9. The Morgan fingerprint density at radius 1 is 1.52 bits per heavy atom. The summed E-state index contributed by atoms with van der Waals surface area (Å²) in [6, 6.07) is 0. The van der Waals surface area contributed by atoms with Crippen LogP contribution < -0.4 is 5.32 Å². The predicted octanol–water partition coefficient (Wildman–Crippen LogP) is 1.19. The van der Waals surface area contributed by atoms with E-state index in [1.807, 2.05) is 0 Å². The van der Waals surface area contributed by atoms with E-state index in [2.05, 4.69) is 21.4 Å². The van der Waals surface area contributed by atoms with Gasteiger partial charge in [0.15, 0.2) is 0 Å². The highest BCUT2D eigenvalue weighted by molar-refractivity contribution is 5.96. The number of aromatic nitrogens is 2. The van der Waals surface area contributed by atoms with Crippen LogP contribution >= 0.6 is 0 Å². The molecule has 0 aliphatic carbocycles. The van der Waals surface area contributed by atoms with Crippen molar-refractivity contribution in [1.82, 2.24) is 14.5 Å². The second-order valence-corrected chi connectivity index (χ2v) is 5.65. The normalized spacial score (nSPS) is 21.2. The summed E-state index contributed by atoms with van der Waals surface area (Å²) in [5.41, 5.74) is 0. The quantitative estimate of drug-likeness (QED) is 0.846. The molecule has 1 fully saturated rings. The van der Waals surface area contributed by atoms with Crippen LogP contribution in [0.3, 0.4) is 0 Å². The molecule has 1 aromatic heterocycles. The summed E-state index contributed by atoms with van der Waals surface area (Å²) in [4.78, 5) is 30.2. The summed E-state index contributed by atoms with van der Waals surface area (Å²) in [7, 11) is 0. The van der Waals surface area contributed by atoms with Gasteiger partial charge in [0.1, 0.15) is 11.6 Å². The summed E-state index contributed by atoms with van der Waals surface area (Å²) < 4.78 is 2.07. The van der Waals surface area contributed by atoms with E-state index in [-0.39, 0.29) is 24.2 Å². The number of rotatable bonds is 4. The number of amides is 2. The smallest absolute Gasteiger partial charge is 0.230 e. The SMILES string of the molecule is C=CCN1C[C@@H](C(=O)Nc2cnc3n2CCCC3)CC1=O. The Morgan fingerprint density at radius 3 is 3.19 bits per heavy atom. The Labute approximate surface area is 123 Å². The molecule has 2 aliphatic heterocycles. The second-order valence-electron chi connectivity index (χ2n) is 5.65. The van der Waals surface area contributed by atoms with Crippen LogP contribution in [-0.2, 0) is 22.6 Å². The molecule has 3 rings (SSSR count). The predicted molar refractivity (Wildman–Crippen MR) is 78.7 cm³/mol. The molecule has 3 heterocycles. The number of hydrogen-bond acceptors (Lipinski definition) is 3. The van der Waals surface area contributed by atoms with Gasteiger partial charge in [-0.25, -0.2) is 4.98 Å². The first-order valence-electron chi connectivity index (χ1n) is 7.43. The molecule has 1 saturated heterocycles. The van der Waals surface area contributed by atoms with Gasteiger partial charge in [-0.15, -0.1) is 6.58 Å². The van der Waals surface area contributed by atoms with Gasteiger partial charge in [-0.2, -0.15) is 0 Å². The van der Waals surface area contributed by atoms with Crippen molar-refractivity contribution in [3.05, 3.63) is 24.7 Å². The Balaban J connectivity index is 1.66. The molecule has 2 amide bonds. The van der Waals surface area contributed by atoms with Crippen molar-refractivity contribution in [3.8, 4) is 0 Å². The zero-order valence-electron chi connectivity index (χ0n) is 12.0. The standard InChI is InChI=1S/C15H20N4O2/c1-2-6-18-10-11(8-14(18)20)15(21)17-13-9-16-12-5-3-4-7-19(12)13/h2,9,11H,1,3-8,10H2,(H,17,21)/t11-/m0/s1. The molecule has 1 aromatic rings. The molecule has 0 bridgehead atoms. The summed E-state index contributed by atoms with van der Waals surface area (Å²) in [6.45, 7) is 5.51. The number of carbonyl (C=O) groups excluding carboxylic acids is 2. The largest absolute Gasteiger partial charge is 0.338 e. The fourth-order valence-corrected chi connectivity index (χ4v) is 3.02.